The predicted octanol–water partition coefficient (Wildman–Crippen LogP) is 2.37. The molecule has 0 fully saturated rings. The van der Waals surface area contributed by atoms with Crippen molar-refractivity contribution in [2.24, 2.45) is 5.73 Å². The Kier molecular flexibility index (Phi) is 3.94. The van der Waals surface area contributed by atoms with E-state index in [1.807, 2.05) is 31.2 Å². The number of ether oxygens (including phenoxy) is 1. The Labute approximate surface area is 106 Å². The lowest BCUT2D eigenvalue weighted by molar-refractivity contribution is 0.257. The Balaban J connectivity index is 2.09. The molecular weight excluding hydrogens is 230 g/mol. The second-order valence-electron chi connectivity index (χ2n) is 4.06. The molecule has 1 aromatic carbocycles. The van der Waals surface area contributed by atoms with Gasteiger partial charge in [0.1, 0.15) is 5.75 Å². The lowest BCUT2D eigenvalue weighted by atomic mass is 10.0. The summed E-state index contributed by atoms with van der Waals surface area (Å²) in [5.74, 6) is 1.77. The van der Waals surface area contributed by atoms with E-state index < -0.39 is 0 Å². The third-order valence-corrected chi connectivity index (χ3v) is 2.68. The third-order valence-electron chi connectivity index (χ3n) is 2.68. The molecule has 0 saturated heterocycles. The fraction of sp³-hybridized carbons (Fsp3) is 0.385. The molecule has 0 unspecified atom stereocenters. The topological polar surface area (TPSA) is 74.2 Å². The average Bonchev–Trinajstić information content (AvgIpc) is 2.81. The summed E-state index contributed by atoms with van der Waals surface area (Å²) in [5.41, 5.74) is 7.03. The van der Waals surface area contributed by atoms with Gasteiger partial charge < -0.3 is 14.9 Å². The molecule has 0 spiro atoms. The highest BCUT2D eigenvalue weighted by molar-refractivity contribution is 5.35. The first-order valence-electron chi connectivity index (χ1n) is 5.97. The van der Waals surface area contributed by atoms with Crippen molar-refractivity contribution in [2.45, 2.75) is 32.9 Å². The molecule has 0 aliphatic rings. The van der Waals surface area contributed by atoms with Gasteiger partial charge in [0.05, 0.1) is 0 Å². The van der Waals surface area contributed by atoms with Gasteiger partial charge in [-0.3, -0.25) is 0 Å². The van der Waals surface area contributed by atoms with Crippen LogP contribution in [0.3, 0.4) is 0 Å². The summed E-state index contributed by atoms with van der Waals surface area (Å²) in [5, 5.41) is 7.63. The molecule has 0 radical (unpaired) electrons. The Morgan fingerprint density at radius 2 is 2.11 bits per heavy atom. The minimum absolute atomic E-state index is 0.0226. The molecule has 5 heteroatoms. The van der Waals surface area contributed by atoms with E-state index in [4.69, 9.17) is 14.9 Å². The number of rotatable bonds is 5. The monoisotopic (exact) mass is 247 g/mol. The van der Waals surface area contributed by atoms with E-state index >= 15 is 0 Å². The van der Waals surface area contributed by atoms with Crippen molar-refractivity contribution in [2.75, 3.05) is 0 Å². The van der Waals surface area contributed by atoms with Crippen molar-refractivity contribution >= 4 is 0 Å². The number of nitrogens with two attached hydrogens (primary N) is 1. The molecular formula is C13H17N3O2. The molecule has 1 atom stereocenters. The molecule has 96 valence electrons. The lowest BCUT2D eigenvalue weighted by Crippen LogP contribution is -2.10. The van der Waals surface area contributed by atoms with Crippen LogP contribution in [-0.2, 0) is 6.61 Å². The lowest BCUT2D eigenvalue weighted by Gasteiger charge is -2.14. The first-order valence-corrected chi connectivity index (χ1v) is 5.97. The van der Waals surface area contributed by atoms with Gasteiger partial charge in [0.25, 0.3) is 5.89 Å². The van der Waals surface area contributed by atoms with Crippen molar-refractivity contribution in [3.63, 3.8) is 0 Å². The average molecular weight is 247 g/mol. The molecule has 0 aliphatic heterocycles. The van der Waals surface area contributed by atoms with Crippen molar-refractivity contribution in [3.8, 4) is 5.75 Å². The van der Waals surface area contributed by atoms with E-state index in [0.29, 0.717) is 11.8 Å². The molecule has 2 rings (SSSR count). The van der Waals surface area contributed by atoms with E-state index in [0.717, 1.165) is 17.7 Å². The second-order valence-corrected chi connectivity index (χ2v) is 4.06. The smallest absolute Gasteiger partial charge is 0.253 e. The highest BCUT2D eigenvalue weighted by atomic mass is 16.5. The minimum atomic E-state index is -0.0226. The van der Waals surface area contributed by atoms with Gasteiger partial charge >= 0.3 is 0 Å². The van der Waals surface area contributed by atoms with Crippen molar-refractivity contribution in [3.05, 3.63) is 41.6 Å². The summed E-state index contributed by atoms with van der Waals surface area (Å²) in [7, 11) is 0. The molecule has 0 amide bonds. The minimum Gasteiger partial charge on any atom is -0.483 e. The van der Waals surface area contributed by atoms with Crippen LogP contribution in [0.4, 0.5) is 0 Å². The van der Waals surface area contributed by atoms with Gasteiger partial charge in [-0.15, -0.1) is 10.2 Å². The van der Waals surface area contributed by atoms with Crippen LogP contribution in [0.15, 0.2) is 28.7 Å². The Bertz CT molecular complexity index is 510. The van der Waals surface area contributed by atoms with E-state index in [-0.39, 0.29) is 12.6 Å². The summed E-state index contributed by atoms with van der Waals surface area (Å²) in [6.45, 7) is 4.05. The van der Waals surface area contributed by atoms with Crippen molar-refractivity contribution in [1.82, 2.24) is 10.2 Å². The van der Waals surface area contributed by atoms with Gasteiger partial charge in [-0.25, -0.2) is 0 Å². The zero-order valence-electron chi connectivity index (χ0n) is 10.6. The summed E-state index contributed by atoms with van der Waals surface area (Å²) in [6.07, 6.45) is 0.861. The third kappa shape index (κ3) is 2.87. The van der Waals surface area contributed by atoms with E-state index in [1.54, 1.807) is 6.92 Å². The summed E-state index contributed by atoms with van der Waals surface area (Å²) in [4.78, 5) is 0. The molecule has 1 heterocycles. The fourth-order valence-electron chi connectivity index (χ4n) is 1.67. The highest BCUT2D eigenvalue weighted by Crippen LogP contribution is 2.25. The second kappa shape index (κ2) is 5.64. The number of aromatic nitrogens is 2. The fourth-order valence-corrected chi connectivity index (χ4v) is 1.67. The Morgan fingerprint density at radius 1 is 1.33 bits per heavy atom. The predicted molar refractivity (Wildman–Crippen MR) is 67.0 cm³/mol. The highest BCUT2D eigenvalue weighted by Gasteiger charge is 2.11. The maximum atomic E-state index is 6.04. The summed E-state index contributed by atoms with van der Waals surface area (Å²) in [6, 6.07) is 7.72. The zero-order valence-corrected chi connectivity index (χ0v) is 10.6. The SMILES string of the molecule is CC[C@@H](N)c1ccccc1OCc1nnc(C)o1. The molecule has 5 nitrogen and oxygen atoms in total. The van der Waals surface area contributed by atoms with Crippen LogP contribution in [0.2, 0.25) is 0 Å². The number of aryl methyl sites for hydroxylation is 1. The van der Waals surface area contributed by atoms with Gasteiger partial charge in [0.15, 0.2) is 6.61 Å². The van der Waals surface area contributed by atoms with Gasteiger partial charge in [0, 0.05) is 18.5 Å². The van der Waals surface area contributed by atoms with Crippen LogP contribution in [0.25, 0.3) is 0 Å². The maximum absolute atomic E-state index is 6.04. The number of benzene rings is 1. The summed E-state index contributed by atoms with van der Waals surface area (Å²) >= 11 is 0. The quantitative estimate of drug-likeness (QED) is 0.877. The van der Waals surface area contributed by atoms with Gasteiger partial charge in [-0.2, -0.15) is 0 Å². The number of hydrogen-bond acceptors (Lipinski definition) is 5. The number of para-hydroxylation sites is 1. The van der Waals surface area contributed by atoms with Crippen LogP contribution in [0.1, 0.15) is 36.7 Å². The molecule has 0 bridgehead atoms. The van der Waals surface area contributed by atoms with Crippen LogP contribution < -0.4 is 10.5 Å². The molecule has 2 N–H and O–H groups in total. The molecule has 0 saturated carbocycles. The Hall–Kier alpha value is -1.88. The maximum Gasteiger partial charge on any atom is 0.253 e. The number of nitrogens with zero attached hydrogens (tertiary/aromatic N) is 2. The largest absolute Gasteiger partial charge is 0.483 e. The van der Waals surface area contributed by atoms with Gasteiger partial charge in [-0.1, -0.05) is 25.1 Å². The summed E-state index contributed by atoms with van der Waals surface area (Å²) < 4.78 is 10.9. The van der Waals surface area contributed by atoms with Gasteiger partial charge in [-0.05, 0) is 12.5 Å². The normalized spacial score (nSPS) is 12.4. The number of hydrogen-bond donors (Lipinski definition) is 1. The standard InChI is InChI=1S/C13H17N3O2/c1-3-11(14)10-6-4-5-7-12(10)17-8-13-16-15-9(2)18-13/h4-7,11H,3,8,14H2,1-2H3/t11-/m1/s1. The van der Waals surface area contributed by atoms with Crippen LogP contribution in [-0.4, -0.2) is 10.2 Å². The molecule has 1 aromatic heterocycles. The molecule has 18 heavy (non-hydrogen) atoms. The van der Waals surface area contributed by atoms with E-state index in [2.05, 4.69) is 10.2 Å². The molecule has 0 aliphatic carbocycles. The first-order chi connectivity index (χ1) is 8.70. The van der Waals surface area contributed by atoms with E-state index in [9.17, 15) is 0 Å². The van der Waals surface area contributed by atoms with Crippen LogP contribution in [0.5, 0.6) is 5.75 Å². The zero-order chi connectivity index (χ0) is 13.0. The van der Waals surface area contributed by atoms with Crippen LogP contribution in [0, 0.1) is 6.92 Å². The van der Waals surface area contributed by atoms with Gasteiger partial charge in [0.2, 0.25) is 5.89 Å². The van der Waals surface area contributed by atoms with Crippen molar-refractivity contribution < 1.29 is 9.15 Å². The first kappa shape index (κ1) is 12.6. The van der Waals surface area contributed by atoms with E-state index in [1.165, 1.54) is 0 Å². The Morgan fingerprint density at radius 3 is 2.78 bits per heavy atom. The molecule has 2 aromatic rings. The van der Waals surface area contributed by atoms with Crippen LogP contribution >= 0.6 is 0 Å². The van der Waals surface area contributed by atoms with Crippen molar-refractivity contribution in [1.29, 1.82) is 0 Å².